The maximum Gasteiger partial charge on any atom is 0.225 e. The van der Waals surface area contributed by atoms with Gasteiger partial charge in [-0.25, -0.2) is 0 Å². The van der Waals surface area contributed by atoms with Crippen molar-refractivity contribution in [2.45, 2.75) is 32.2 Å². The number of hydrogen-bond donors (Lipinski definition) is 2. The van der Waals surface area contributed by atoms with E-state index in [1.807, 2.05) is 42.5 Å². The lowest BCUT2D eigenvalue weighted by molar-refractivity contribution is -0.121. The number of aromatic amines is 1. The molecule has 1 aromatic heterocycles. The minimum absolute atomic E-state index is 0.0871. The predicted molar refractivity (Wildman–Crippen MR) is 94.8 cm³/mol. The predicted octanol–water partition coefficient (Wildman–Crippen LogP) is 2.77. The molecule has 3 rings (SSSR count). The largest absolute Gasteiger partial charge is 0.342 e. The molecule has 1 atom stereocenters. The highest BCUT2D eigenvalue weighted by molar-refractivity contribution is 5.79. The summed E-state index contributed by atoms with van der Waals surface area (Å²) < 4.78 is 0. The summed E-state index contributed by atoms with van der Waals surface area (Å²) in [7, 11) is 0. The Morgan fingerprint density at radius 2 is 1.76 bits per heavy atom. The van der Waals surface area contributed by atoms with E-state index >= 15 is 0 Å². The Balaban J connectivity index is 1.72. The van der Waals surface area contributed by atoms with Gasteiger partial charge in [0.1, 0.15) is 6.04 Å². The molecule has 128 valence electrons. The Bertz CT molecular complexity index is 798. The standard InChI is InChI=1S/C19H21N5O/c1-13(2)15-10-8-14(9-11-15)12-17(25)20-18(19-21-23-24-22-19)16-6-4-3-5-7-16/h3-11,13,18H,12H2,1-2H3,(H,20,25)(H,21,22,23,24)/t18-/m0/s1. The SMILES string of the molecule is CC(C)c1ccc(CC(=O)N[C@@H](c2ccccc2)c2nn[nH]n2)cc1. The molecule has 2 N–H and O–H groups in total. The Morgan fingerprint density at radius 1 is 1.04 bits per heavy atom. The van der Waals surface area contributed by atoms with Crippen LogP contribution >= 0.6 is 0 Å². The second-order valence-corrected chi connectivity index (χ2v) is 6.25. The number of H-pyrrole nitrogens is 1. The van der Waals surface area contributed by atoms with Crippen molar-refractivity contribution >= 4 is 5.91 Å². The topological polar surface area (TPSA) is 83.6 Å². The van der Waals surface area contributed by atoms with E-state index in [0.29, 0.717) is 18.2 Å². The normalized spacial score (nSPS) is 12.1. The van der Waals surface area contributed by atoms with Gasteiger partial charge in [-0.3, -0.25) is 4.79 Å². The molecular formula is C19H21N5O. The van der Waals surface area contributed by atoms with Crippen LogP contribution in [0, 0.1) is 0 Å². The number of nitrogens with one attached hydrogen (secondary N) is 2. The van der Waals surface area contributed by atoms with Crippen molar-refractivity contribution in [3.8, 4) is 0 Å². The van der Waals surface area contributed by atoms with Crippen LogP contribution in [-0.4, -0.2) is 26.5 Å². The van der Waals surface area contributed by atoms with Crippen molar-refractivity contribution in [1.29, 1.82) is 0 Å². The quantitative estimate of drug-likeness (QED) is 0.725. The van der Waals surface area contributed by atoms with Crippen molar-refractivity contribution in [3.05, 3.63) is 77.1 Å². The number of aromatic nitrogens is 4. The smallest absolute Gasteiger partial charge is 0.225 e. The number of amides is 1. The van der Waals surface area contributed by atoms with E-state index in [1.54, 1.807) is 0 Å². The summed E-state index contributed by atoms with van der Waals surface area (Å²) in [5, 5.41) is 17.1. The first kappa shape index (κ1) is 16.8. The number of carbonyl (C=O) groups excluding carboxylic acids is 1. The van der Waals surface area contributed by atoms with Crippen molar-refractivity contribution in [3.63, 3.8) is 0 Å². The van der Waals surface area contributed by atoms with Crippen LogP contribution in [0.15, 0.2) is 54.6 Å². The second-order valence-electron chi connectivity index (χ2n) is 6.25. The second kappa shape index (κ2) is 7.70. The minimum atomic E-state index is -0.428. The molecule has 0 aliphatic rings. The number of carbonyl (C=O) groups is 1. The number of benzene rings is 2. The fraction of sp³-hybridized carbons (Fsp3) is 0.263. The molecule has 0 spiro atoms. The average Bonchev–Trinajstić information content (AvgIpc) is 3.15. The van der Waals surface area contributed by atoms with Gasteiger partial charge in [0.2, 0.25) is 11.7 Å². The van der Waals surface area contributed by atoms with Crippen molar-refractivity contribution in [1.82, 2.24) is 25.9 Å². The van der Waals surface area contributed by atoms with Crippen molar-refractivity contribution in [2.24, 2.45) is 0 Å². The van der Waals surface area contributed by atoms with Gasteiger partial charge in [-0.05, 0) is 22.6 Å². The Labute approximate surface area is 146 Å². The van der Waals surface area contributed by atoms with Gasteiger partial charge in [0, 0.05) is 0 Å². The summed E-state index contributed by atoms with van der Waals surface area (Å²) in [6.45, 7) is 4.30. The van der Waals surface area contributed by atoms with Gasteiger partial charge in [0.25, 0.3) is 0 Å². The van der Waals surface area contributed by atoms with Gasteiger partial charge < -0.3 is 5.32 Å². The van der Waals surface area contributed by atoms with Crippen molar-refractivity contribution < 1.29 is 4.79 Å². The zero-order valence-corrected chi connectivity index (χ0v) is 14.3. The zero-order chi connectivity index (χ0) is 17.6. The minimum Gasteiger partial charge on any atom is -0.342 e. The van der Waals surface area contributed by atoms with Gasteiger partial charge in [0.15, 0.2) is 0 Å². The Kier molecular flexibility index (Phi) is 5.18. The highest BCUT2D eigenvalue weighted by atomic mass is 16.1. The first-order valence-corrected chi connectivity index (χ1v) is 8.30. The molecule has 1 amide bonds. The third kappa shape index (κ3) is 4.29. The van der Waals surface area contributed by atoms with Gasteiger partial charge >= 0.3 is 0 Å². The lowest BCUT2D eigenvalue weighted by atomic mass is 10.0. The molecule has 3 aromatic rings. The summed E-state index contributed by atoms with van der Waals surface area (Å²) in [4.78, 5) is 12.5. The van der Waals surface area contributed by atoms with Crippen LogP contribution in [0.5, 0.6) is 0 Å². The van der Waals surface area contributed by atoms with Crippen molar-refractivity contribution in [2.75, 3.05) is 0 Å². The molecule has 6 heteroatoms. The van der Waals surface area contributed by atoms with E-state index in [-0.39, 0.29) is 5.91 Å². The van der Waals surface area contributed by atoms with Crippen LogP contribution in [0.4, 0.5) is 0 Å². The molecule has 0 aliphatic heterocycles. The highest BCUT2D eigenvalue weighted by Crippen LogP contribution is 2.19. The first-order chi connectivity index (χ1) is 12.1. The maximum absolute atomic E-state index is 12.5. The number of tetrazole rings is 1. The molecule has 1 heterocycles. The van der Waals surface area contributed by atoms with Gasteiger partial charge in [-0.2, -0.15) is 5.21 Å². The lowest BCUT2D eigenvalue weighted by Gasteiger charge is -2.16. The summed E-state index contributed by atoms with van der Waals surface area (Å²) in [5.41, 5.74) is 3.15. The van der Waals surface area contributed by atoms with Crippen LogP contribution in [0.25, 0.3) is 0 Å². The Hall–Kier alpha value is -3.02. The molecule has 6 nitrogen and oxygen atoms in total. The van der Waals surface area contributed by atoms with E-state index in [0.717, 1.165) is 11.1 Å². The molecule has 0 fully saturated rings. The van der Waals surface area contributed by atoms with Crippen LogP contribution in [-0.2, 0) is 11.2 Å². The summed E-state index contributed by atoms with van der Waals surface area (Å²) in [6.07, 6.45) is 0.305. The maximum atomic E-state index is 12.5. The molecule has 0 aliphatic carbocycles. The monoisotopic (exact) mass is 335 g/mol. The van der Waals surface area contributed by atoms with E-state index in [4.69, 9.17) is 0 Å². The molecule has 0 radical (unpaired) electrons. The highest BCUT2D eigenvalue weighted by Gasteiger charge is 2.20. The summed E-state index contributed by atoms with van der Waals surface area (Å²) >= 11 is 0. The van der Waals surface area contributed by atoms with Gasteiger partial charge in [-0.1, -0.05) is 73.7 Å². The molecule has 0 saturated heterocycles. The number of rotatable bonds is 6. The lowest BCUT2D eigenvalue weighted by Crippen LogP contribution is -2.31. The van der Waals surface area contributed by atoms with E-state index in [1.165, 1.54) is 5.56 Å². The zero-order valence-electron chi connectivity index (χ0n) is 14.3. The first-order valence-electron chi connectivity index (χ1n) is 8.30. The molecule has 0 unspecified atom stereocenters. The molecule has 25 heavy (non-hydrogen) atoms. The molecule has 2 aromatic carbocycles. The molecule has 0 bridgehead atoms. The van der Waals surface area contributed by atoms with E-state index in [9.17, 15) is 4.79 Å². The van der Waals surface area contributed by atoms with Gasteiger partial charge in [0.05, 0.1) is 6.42 Å². The van der Waals surface area contributed by atoms with Gasteiger partial charge in [-0.15, -0.1) is 10.2 Å². The Morgan fingerprint density at radius 3 is 2.36 bits per heavy atom. The average molecular weight is 335 g/mol. The van der Waals surface area contributed by atoms with Crippen LogP contribution in [0.1, 0.15) is 48.3 Å². The fourth-order valence-electron chi connectivity index (χ4n) is 2.65. The van der Waals surface area contributed by atoms with E-state index in [2.05, 4.69) is 51.9 Å². The van der Waals surface area contributed by atoms with Crippen LogP contribution in [0.2, 0.25) is 0 Å². The van der Waals surface area contributed by atoms with E-state index < -0.39 is 6.04 Å². The summed E-state index contributed by atoms with van der Waals surface area (Å²) in [5.74, 6) is 0.828. The van der Waals surface area contributed by atoms with Crippen LogP contribution in [0.3, 0.4) is 0 Å². The third-order valence-electron chi connectivity index (χ3n) is 4.07. The number of nitrogens with zero attached hydrogens (tertiary/aromatic N) is 3. The van der Waals surface area contributed by atoms with Crippen LogP contribution < -0.4 is 5.32 Å². The number of hydrogen-bond acceptors (Lipinski definition) is 4. The molecular weight excluding hydrogens is 314 g/mol. The summed E-state index contributed by atoms with van der Waals surface area (Å²) in [6, 6.07) is 17.3. The fourth-order valence-corrected chi connectivity index (χ4v) is 2.65. The molecule has 0 saturated carbocycles. The third-order valence-corrected chi connectivity index (χ3v) is 4.07.